The molecule has 0 aliphatic carbocycles. The summed E-state index contributed by atoms with van der Waals surface area (Å²) in [6, 6.07) is 12.0. The lowest BCUT2D eigenvalue weighted by Crippen LogP contribution is -2.11. The third-order valence-electron chi connectivity index (χ3n) is 3.07. The van der Waals surface area contributed by atoms with Crippen LogP contribution in [0.15, 0.2) is 36.4 Å². The van der Waals surface area contributed by atoms with E-state index >= 15 is 0 Å². The molecule has 2 nitrogen and oxygen atoms in total. The summed E-state index contributed by atoms with van der Waals surface area (Å²) in [5.74, 6) is 0.0978. The van der Waals surface area contributed by atoms with Gasteiger partial charge >= 0.3 is 0 Å². The highest BCUT2D eigenvalue weighted by Crippen LogP contribution is 2.30. The van der Waals surface area contributed by atoms with E-state index in [1.165, 1.54) is 0 Å². The van der Waals surface area contributed by atoms with E-state index in [0.717, 1.165) is 22.5 Å². The molecule has 2 heteroatoms. The number of rotatable bonds is 2. The Hall–Kier alpha value is -1.83. The highest BCUT2D eigenvalue weighted by Gasteiger charge is 2.21. The summed E-state index contributed by atoms with van der Waals surface area (Å²) in [5, 5.41) is 0. The fourth-order valence-electron chi connectivity index (χ4n) is 1.97. The molecule has 0 saturated carbocycles. The number of carbonyl (C=O) groups excluding carboxylic acids is 1. The average molecular weight is 241 g/mol. The molecule has 0 spiro atoms. The first-order valence-electron chi connectivity index (χ1n) is 6.19. The molecule has 0 atom stereocenters. The van der Waals surface area contributed by atoms with Gasteiger partial charge in [-0.1, -0.05) is 51.1 Å². The van der Waals surface area contributed by atoms with Crippen molar-refractivity contribution in [3.05, 3.63) is 47.7 Å². The zero-order chi connectivity index (χ0) is 13.3. The largest absolute Gasteiger partial charge is 0.357 e. The van der Waals surface area contributed by atoms with Gasteiger partial charge in [-0.25, -0.2) is 0 Å². The van der Waals surface area contributed by atoms with Crippen LogP contribution in [0.2, 0.25) is 0 Å². The normalized spacial score (nSPS) is 11.6. The van der Waals surface area contributed by atoms with Gasteiger partial charge in [-0.05, 0) is 18.6 Å². The predicted octanol–water partition coefficient (Wildman–Crippen LogP) is 4.18. The monoisotopic (exact) mass is 241 g/mol. The van der Waals surface area contributed by atoms with Crippen molar-refractivity contribution < 1.29 is 4.79 Å². The molecule has 0 amide bonds. The van der Waals surface area contributed by atoms with Crippen LogP contribution in [0, 0.1) is 0 Å². The Labute approximate surface area is 108 Å². The lowest BCUT2D eigenvalue weighted by molar-refractivity contribution is 0.101. The number of hydrogen-bond acceptors (Lipinski definition) is 1. The zero-order valence-corrected chi connectivity index (χ0v) is 11.4. The second-order valence-corrected chi connectivity index (χ2v) is 5.64. The number of nitrogens with one attached hydrogen (secondary N) is 1. The van der Waals surface area contributed by atoms with Crippen molar-refractivity contribution in [3.63, 3.8) is 0 Å². The second kappa shape index (κ2) is 4.45. The van der Waals surface area contributed by atoms with Gasteiger partial charge in [-0.15, -0.1) is 0 Å². The minimum absolute atomic E-state index is 0.0111. The van der Waals surface area contributed by atoms with E-state index in [9.17, 15) is 4.79 Å². The van der Waals surface area contributed by atoms with Crippen LogP contribution in [0.3, 0.4) is 0 Å². The molecule has 0 bridgehead atoms. The number of benzene rings is 1. The fraction of sp³-hybridized carbons (Fsp3) is 0.312. The van der Waals surface area contributed by atoms with E-state index in [1.807, 2.05) is 36.4 Å². The number of carbonyl (C=O) groups is 1. The van der Waals surface area contributed by atoms with Gasteiger partial charge in [0.15, 0.2) is 5.78 Å². The number of aromatic nitrogens is 1. The van der Waals surface area contributed by atoms with Crippen molar-refractivity contribution in [1.29, 1.82) is 0 Å². The van der Waals surface area contributed by atoms with Gasteiger partial charge in [0.1, 0.15) is 0 Å². The Balaban J connectivity index is 2.60. The maximum absolute atomic E-state index is 11.8. The Morgan fingerprint density at radius 2 is 1.72 bits per heavy atom. The third-order valence-corrected chi connectivity index (χ3v) is 3.07. The summed E-state index contributed by atoms with van der Waals surface area (Å²) in [5.41, 5.74) is 3.85. The fourth-order valence-corrected chi connectivity index (χ4v) is 1.97. The first kappa shape index (κ1) is 12.6. The molecule has 1 aromatic heterocycles. The lowest BCUT2D eigenvalue weighted by Gasteiger charge is -2.16. The SMILES string of the molecule is CC(=O)c1cc(C(C)(C)C)[nH]c1-c1ccccc1. The van der Waals surface area contributed by atoms with Gasteiger partial charge in [-0.3, -0.25) is 4.79 Å². The summed E-state index contributed by atoms with van der Waals surface area (Å²) in [7, 11) is 0. The second-order valence-electron chi connectivity index (χ2n) is 5.64. The molecular weight excluding hydrogens is 222 g/mol. The van der Waals surface area contributed by atoms with Crippen molar-refractivity contribution in [2.45, 2.75) is 33.1 Å². The molecule has 0 aliphatic heterocycles. The van der Waals surface area contributed by atoms with Gasteiger partial charge in [0.25, 0.3) is 0 Å². The Morgan fingerprint density at radius 1 is 1.11 bits per heavy atom. The third kappa shape index (κ3) is 2.37. The Morgan fingerprint density at radius 3 is 2.22 bits per heavy atom. The van der Waals surface area contributed by atoms with E-state index < -0.39 is 0 Å². The Kier molecular flexibility index (Phi) is 3.12. The van der Waals surface area contributed by atoms with Gasteiger partial charge in [0, 0.05) is 16.7 Å². The van der Waals surface area contributed by atoms with Crippen LogP contribution >= 0.6 is 0 Å². The predicted molar refractivity (Wildman–Crippen MR) is 74.9 cm³/mol. The molecule has 0 unspecified atom stereocenters. The van der Waals surface area contributed by atoms with Gasteiger partial charge in [0.2, 0.25) is 0 Å². The van der Waals surface area contributed by atoms with Gasteiger partial charge in [-0.2, -0.15) is 0 Å². The lowest BCUT2D eigenvalue weighted by atomic mass is 9.92. The van der Waals surface area contributed by atoms with Gasteiger partial charge in [0.05, 0.1) is 5.69 Å². The first-order valence-corrected chi connectivity index (χ1v) is 6.19. The van der Waals surface area contributed by atoms with E-state index in [0.29, 0.717) is 0 Å². The van der Waals surface area contributed by atoms with Crippen LogP contribution in [-0.4, -0.2) is 10.8 Å². The van der Waals surface area contributed by atoms with Gasteiger partial charge < -0.3 is 4.98 Å². The summed E-state index contributed by atoms with van der Waals surface area (Å²) in [6.07, 6.45) is 0. The van der Waals surface area contributed by atoms with Crippen molar-refractivity contribution in [3.8, 4) is 11.3 Å². The first-order chi connectivity index (χ1) is 8.39. The molecule has 0 fully saturated rings. The maximum atomic E-state index is 11.8. The van der Waals surface area contributed by atoms with Crippen LogP contribution in [0.25, 0.3) is 11.3 Å². The number of Topliss-reactive ketones (excluding diaryl/α,β-unsaturated/α-hetero) is 1. The minimum Gasteiger partial charge on any atom is -0.357 e. The van der Waals surface area contributed by atoms with Crippen LogP contribution in [0.4, 0.5) is 0 Å². The van der Waals surface area contributed by atoms with E-state index in [2.05, 4.69) is 25.8 Å². The van der Waals surface area contributed by atoms with Crippen molar-refractivity contribution in [1.82, 2.24) is 4.98 Å². The standard InChI is InChI=1S/C16H19NO/c1-11(18)13-10-14(16(2,3)4)17-15(13)12-8-6-5-7-9-12/h5-10,17H,1-4H3. The summed E-state index contributed by atoms with van der Waals surface area (Å²) < 4.78 is 0. The maximum Gasteiger partial charge on any atom is 0.161 e. The Bertz CT molecular complexity index is 559. The van der Waals surface area contributed by atoms with Crippen LogP contribution in [-0.2, 0) is 5.41 Å². The molecule has 0 saturated heterocycles. The molecule has 0 radical (unpaired) electrons. The van der Waals surface area contributed by atoms with E-state index in [-0.39, 0.29) is 11.2 Å². The molecule has 18 heavy (non-hydrogen) atoms. The molecule has 0 aliphatic rings. The van der Waals surface area contributed by atoms with Crippen molar-refractivity contribution in [2.24, 2.45) is 0 Å². The summed E-state index contributed by atoms with van der Waals surface area (Å²) >= 11 is 0. The van der Waals surface area contributed by atoms with E-state index in [4.69, 9.17) is 0 Å². The van der Waals surface area contributed by atoms with Crippen LogP contribution in [0.1, 0.15) is 43.7 Å². The quantitative estimate of drug-likeness (QED) is 0.786. The number of hydrogen-bond donors (Lipinski definition) is 1. The minimum atomic E-state index is 0.0111. The topological polar surface area (TPSA) is 32.9 Å². The highest BCUT2D eigenvalue weighted by atomic mass is 16.1. The van der Waals surface area contributed by atoms with Crippen molar-refractivity contribution in [2.75, 3.05) is 0 Å². The molecule has 2 rings (SSSR count). The molecule has 1 aromatic carbocycles. The molecule has 1 N–H and O–H groups in total. The zero-order valence-electron chi connectivity index (χ0n) is 11.4. The van der Waals surface area contributed by atoms with Crippen molar-refractivity contribution >= 4 is 5.78 Å². The number of ketones is 1. The molecule has 2 aromatic rings. The molecule has 94 valence electrons. The number of H-pyrrole nitrogens is 1. The van der Waals surface area contributed by atoms with E-state index in [1.54, 1.807) is 6.92 Å². The van der Waals surface area contributed by atoms with Crippen LogP contribution in [0.5, 0.6) is 0 Å². The summed E-state index contributed by atoms with van der Waals surface area (Å²) in [6.45, 7) is 8.02. The average Bonchev–Trinajstić information content (AvgIpc) is 2.74. The smallest absolute Gasteiger partial charge is 0.161 e. The molecular formula is C16H19NO. The summed E-state index contributed by atoms with van der Waals surface area (Å²) in [4.78, 5) is 15.2. The highest BCUT2D eigenvalue weighted by molar-refractivity contribution is 6.00. The van der Waals surface area contributed by atoms with Crippen LogP contribution < -0.4 is 0 Å². The number of aromatic amines is 1. The molecule has 1 heterocycles.